The Morgan fingerprint density at radius 2 is 1.93 bits per heavy atom. The van der Waals surface area contributed by atoms with Crippen molar-refractivity contribution in [3.63, 3.8) is 0 Å². The van der Waals surface area contributed by atoms with Crippen LogP contribution in [0.25, 0.3) is 16.6 Å². The van der Waals surface area contributed by atoms with Gasteiger partial charge < -0.3 is 19.4 Å². The van der Waals surface area contributed by atoms with E-state index >= 15 is 0 Å². The molecular formula is C31H36F3N3O3. The average Bonchev–Trinajstić information content (AvgIpc) is 3.35. The summed E-state index contributed by atoms with van der Waals surface area (Å²) in [6.45, 7) is 1.39. The number of nitrogens with one attached hydrogen (secondary N) is 1. The van der Waals surface area contributed by atoms with Crippen molar-refractivity contribution >= 4 is 22.6 Å². The monoisotopic (exact) mass is 555 g/mol. The van der Waals surface area contributed by atoms with E-state index in [4.69, 9.17) is 9.47 Å². The maximum atomic E-state index is 13.0. The molecule has 1 fully saturated rings. The molecule has 3 aliphatic rings. The second-order valence-electron chi connectivity index (χ2n) is 11.1. The molecule has 9 heteroatoms. The number of aryl methyl sites for hydroxylation is 1. The molecular weight excluding hydrogens is 519 g/mol. The Balaban J connectivity index is 1.24. The number of imidazole rings is 1. The molecule has 0 radical (unpaired) electrons. The fourth-order valence-corrected chi connectivity index (χ4v) is 6.36. The zero-order valence-electron chi connectivity index (χ0n) is 23.0. The van der Waals surface area contributed by atoms with E-state index in [0.29, 0.717) is 19.4 Å². The Labute approximate surface area is 232 Å². The van der Waals surface area contributed by atoms with Gasteiger partial charge >= 0.3 is 12.1 Å². The van der Waals surface area contributed by atoms with E-state index in [-0.39, 0.29) is 11.8 Å². The van der Waals surface area contributed by atoms with Gasteiger partial charge in [-0.05, 0) is 68.5 Å². The minimum atomic E-state index is -4.59. The molecule has 40 heavy (non-hydrogen) atoms. The normalized spacial score (nSPS) is 22.5. The highest BCUT2D eigenvalue weighted by atomic mass is 19.4. The summed E-state index contributed by atoms with van der Waals surface area (Å²) in [5, 5.41) is 0. The van der Waals surface area contributed by atoms with E-state index in [1.165, 1.54) is 5.57 Å². The minimum absolute atomic E-state index is 0.108. The van der Waals surface area contributed by atoms with Crippen LogP contribution in [0.15, 0.2) is 54.6 Å². The first-order chi connectivity index (χ1) is 19.2. The molecule has 0 spiro atoms. The maximum absolute atomic E-state index is 13.0. The Morgan fingerprint density at radius 1 is 1.12 bits per heavy atom. The highest BCUT2D eigenvalue weighted by Crippen LogP contribution is 2.53. The number of esters is 1. The Hall–Kier alpha value is -3.33. The van der Waals surface area contributed by atoms with Crippen LogP contribution in [-0.2, 0) is 16.0 Å². The lowest BCUT2D eigenvalue weighted by molar-refractivity contribution is -0.192. The molecule has 3 aromatic rings. The highest BCUT2D eigenvalue weighted by Gasteiger charge is 2.51. The first kappa shape index (κ1) is 28.2. The summed E-state index contributed by atoms with van der Waals surface area (Å²) in [5.74, 6) is 0.477. The first-order valence-electron chi connectivity index (χ1n) is 13.9. The van der Waals surface area contributed by atoms with Crippen LogP contribution in [0.2, 0.25) is 0 Å². The zero-order valence-corrected chi connectivity index (χ0v) is 23.0. The number of allylic oxidation sites excluding steroid dienone is 1. The van der Waals surface area contributed by atoms with Crippen molar-refractivity contribution in [2.24, 2.45) is 11.8 Å². The SMILES string of the molecule is COc1cccc2[nH]c(CCCN(C)CC[C@]3(OC(=O)CC(F)(F)F)C[C@H]4CC[C@@H]3C=C4c3ccccc3)nc12. The molecule has 1 heterocycles. The minimum Gasteiger partial charge on any atom is -0.494 e. The van der Waals surface area contributed by atoms with Crippen LogP contribution >= 0.6 is 0 Å². The van der Waals surface area contributed by atoms with E-state index < -0.39 is 24.2 Å². The average molecular weight is 556 g/mol. The number of alkyl halides is 3. The lowest BCUT2D eigenvalue weighted by Crippen LogP contribution is -2.51. The van der Waals surface area contributed by atoms with Crippen molar-refractivity contribution in [2.45, 2.75) is 56.7 Å². The fourth-order valence-electron chi connectivity index (χ4n) is 6.36. The number of H-pyrrole nitrogens is 1. The summed E-state index contributed by atoms with van der Waals surface area (Å²) >= 11 is 0. The quantitative estimate of drug-likeness (QED) is 0.271. The smallest absolute Gasteiger partial charge is 0.399 e. The third-order valence-electron chi connectivity index (χ3n) is 8.30. The third kappa shape index (κ3) is 6.35. The molecule has 0 aliphatic heterocycles. The fraction of sp³-hybridized carbons (Fsp3) is 0.484. The topological polar surface area (TPSA) is 67.4 Å². The van der Waals surface area contributed by atoms with Crippen LogP contribution in [0.5, 0.6) is 5.75 Å². The van der Waals surface area contributed by atoms with Crippen molar-refractivity contribution in [3.8, 4) is 5.75 Å². The van der Waals surface area contributed by atoms with Gasteiger partial charge in [0.05, 0.1) is 12.6 Å². The summed E-state index contributed by atoms with van der Waals surface area (Å²) in [6.07, 6.45) is 0.413. The number of nitrogens with zero attached hydrogens (tertiary/aromatic N) is 2. The van der Waals surface area contributed by atoms with Crippen LogP contribution in [0.4, 0.5) is 13.2 Å². The van der Waals surface area contributed by atoms with Gasteiger partial charge in [0.2, 0.25) is 0 Å². The van der Waals surface area contributed by atoms with Gasteiger partial charge in [0, 0.05) is 25.3 Å². The lowest BCUT2D eigenvalue weighted by atomic mass is 9.60. The van der Waals surface area contributed by atoms with E-state index in [1.807, 2.05) is 43.4 Å². The first-order valence-corrected chi connectivity index (χ1v) is 13.9. The summed E-state index contributed by atoms with van der Waals surface area (Å²) < 4.78 is 50.3. The zero-order chi connectivity index (χ0) is 28.3. The van der Waals surface area contributed by atoms with Gasteiger partial charge in [-0.3, -0.25) is 4.79 Å². The van der Waals surface area contributed by atoms with Gasteiger partial charge in [0.15, 0.2) is 0 Å². The molecule has 1 N–H and O–H groups in total. The molecule has 0 saturated heterocycles. The van der Waals surface area contributed by atoms with Crippen LogP contribution in [0.3, 0.4) is 0 Å². The number of benzene rings is 2. The van der Waals surface area contributed by atoms with Crippen molar-refractivity contribution in [1.29, 1.82) is 0 Å². The van der Waals surface area contributed by atoms with Crippen molar-refractivity contribution in [2.75, 3.05) is 27.2 Å². The number of carbonyl (C=O) groups is 1. The Morgan fingerprint density at radius 3 is 2.62 bits per heavy atom. The van der Waals surface area contributed by atoms with Crippen molar-refractivity contribution < 1.29 is 27.4 Å². The highest BCUT2D eigenvalue weighted by molar-refractivity contribution is 5.81. The summed E-state index contributed by atoms with van der Waals surface area (Å²) in [5.41, 5.74) is 3.17. The maximum Gasteiger partial charge on any atom is 0.399 e. The van der Waals surface area contributed by atoms with Gasteiger partial charge in [0.1, 0.15) is 29.1 Å². The number of hydrogen-bond acceptors (Lipinski definition) is 5. The number of para-hydroxylation sites is 1. The molecule has 3 aliphatic carbocycles. The molecule has 0 unspecified atom stereocenters. The third-order valence-corrected chi connectivity index (χ3v) is 8.30. The number of halogens is 3. The Kier molecular flexibility index (Phi) is 8.21. The molecule has 214 valence electrons. The summed E-state index contributed by atoms with van der Waals surface area (Å²) in [6, 6.07) is 15.9. The van der Waals surface area contributed by atoms with Crippen LogP contribution in [-0.4, -0.2) is 59.9 Å². The molecule has 1 saturated carbocycles. The molecule has 2 bridgehead atoms. The molecule has 6 rings (SSSR count). The molecule has 2 aromatic carbocycles. The largest absolute Gasteiger partial charge is 0.494 e. The van der Waals surface area contributed by atoms with Crippen molar-refractivity contribution in [3.05, 3.63) is 66.0 Å². The van der Waals surface area contributed by atoms with E-state index in [1.54, 1.807) is 7.11 Å². The molecule has 3 atom stereocenters. The second kappa shape index (κ2) is 11.6. The van der Waals surface area contributed by atoms with E-state index in [0.717, 1.165) is 60.4 Å². The Bertz CT molecular complexity index is 1350. The van der Waals surface area contributed by atoms with Crippen LogP contribution in [0.1, 0.15) is 49.9 Å². The van der Waals surface area contributed by atoms with E-state index in [2.05, 4.69) is 33.1 Å². The lowest BCUT2D eigenvalue weighted by Gasteiger charge is -2.50. The number of methoxy groups -OCH3 is 1. The summed E-state index contributed by atoms with van der Waals surface area (Å²) in [7, 11) is 3.63. The molecule has 6 nitrogen and oxygen atoms in total. The molecule has 1 aromatic heterocycles. The predicted molar refractivity (Wildman–Crippen MR) is 148 cm³/mol. The van der Waals surface area contributed by atoms with E-state index in [9.17, 15) is 18.0 Å². The van der Waals surface area contributed by atoms with Gasteiger partial charge in [0.25, 0.3) is 0 Å². The number of aromatic nitrogens is 2. The predicted octanol–water partition coefficient (Wildman–Crippen LogP) is 6.57. The van der Waals surface area contributed by atoms with Gasteiger partial charge in [-0.25, -0.2) is 4.98 Å². The van der Waals surface area contributed by atoms with Gasteiger partial charge in [-0.2, -0.15) is 13.2 Å². The number of aromatic amines is 1. The number of carbonyl (C=O) groups excluding carboxylic acids is 1. The van der Waals surface area contributed by atoms with Gasteiger partial charge in [-0.15, -0.1) is 0 Å². The second-order valence-corrected chi connectivity index (χ2v) is 11.1. The van der Waals surface area contributed by atoms with Crippen LogP contribution in [0, 0.1) is 11.8 Å². The number of hydrogen-bond donors (Lipinski definition) is 1. The molecule has 0 amide bonds. The van der Waals surface area contributed by atoms with Crippen LogP contribution < -0.4 is 4.74 Å². The number of fused-ring (bicyclic) bond motifs is 3. The summed E-state index contributed by atoms with van der Waals surface area (Å²) in [4.78, 5) is 22.6. The number of ether oxygens (including phenoxy) is 2. The number of rotatable bonds is 11. The standard InChI is InChI=1S/C31H36F3N3O3/c1-37(16-7-12-27-35-25-10-6-11-26(39-2)29(25)36-27)17-15-30(40-28(38)20-31(32,33)34)19-22-13-14-23(30)18-24(22)21-8-4-3-5-9-21/h3-6,8-11,18,22-23H,7,12-17,19-20H2,1-2H3,(H,35,36)/t22-,23-,30+/m1/s1. The van der Waals surface area contributed by atoms with Gasteiger partial charge in [-0.1, -0.05) is 42.5 Å². The van der Waals surface area contributed by atoms with Crippen molar-refractivity contribution in [1.82, 2.24) is 14.9 Å².